The molecule has 0 atom stereocenters. The van der Waals surface area contributed by atoms with Crippen molar-refractivity contribution in [2.45, 2.75) is 19.3 Å². The van der Waals surface area contributed by atoms with Crippen molar-refractivity contribution in [2.24, 2.45) is 0 Å². The monoisotopic (exact) mass is 576 g/mol. The van der Waals surface area contributed by atoms with Gasteiger partial charge in [0.1, 0.15) is 0 Å². The summed E-state index contributed by atoms with van der Waals surface area (Å²) < 4.78 is 0. The number of nitrogens with zero attached hydrogens (tertiary/aromatic N) is 2. The molecule has 0 N–H and O–H groups in total. The Balaban J connectivity index is 1.41. The highest BCUT2D eigenvalue weighted by Gasteiger charge is 2.38. The van der Waals surface area contributed by atoms with E-state index in [0.717, 1.165) is 33.9 Å². The van der Waals surface area contributed by atoms with Crippen molar-refractivity contribution in [3.05, 3.63) is 169 Å². The van der Waals surface area contributed by atoms with E-state index in [0.29, 0.717) is 0 Å². The van der Waals surface area contributed by atoms with Crippen molar-refractivity contribution >= 4 is 0 Å². The molecule has 0 saturated carbocycles. The van der Waals surface area contributed by atoms with Gasteiger partial charge in [-0.25, -0.2) is 9.97 Å². The summed E-state index contributed by atoms with van der Waals surface area (Å²) in [5, 5.41) is 0. The second-order valence-corrected chi connectivity index (χ2v) is 12.3. The lowest BCUT2D eigenvalue weighted by Gasteiger charge is -2.23. The Bertz CT molecular complexity index is 2090. The number of fused-ring (bicyclic) bond motifs is 3. The van der Waals surface area contributed by atoms with E-state index in [1.807, 2.05) is 12.1 Å². The molecule has 45 heavy (non-hydrogen) atoms. The molecule has 214 valence electrons. The predicted molar refractivity (Wildman–Crippen MR) is 187 cm³/mol. The zero-order valence-electron chi connectivity index (χ0n) is 25.4. The fraction of sp³-hybridized carbons (Fsp3) is 0.0698. The second kappa shape index (κ2) is 10.8. The molecule has 0 amide bonds. The third-order valence-electron chi connectivity index (χ3n) is 9.09. The van der Waals surface area contributed by atoms with Gasteiger partial charge in [0.25, 0.3) is 0 Å². The van der Waals surface area contributed by atoms with E-state index in [9.17, 15) is 0 Å². The Morgan fingerprint density at radius 1 is 0.378 bits per heavy atom. The maximum absolute atomic E-state index is 5.29. The van der Waals surface area contributed by atoms with E-state index in [-0.39, 0.29) is 5.41 Å². The minimum Gasteiger partial charge on any atom is -0.228 e. The van der Waals surface area contributed by atoms with E-state index in [2.05, 4.69) is 159 Å². The molecule has 1 heterocycles. The molecule has 0 radical (unpaired) electrons. The number of hydrogen-bond acceptors (Lipinski definition) is 2. The van der Waals surface area contributed by atoms with Gasteiger partial charge in [-0.3, -0.25) is 0 Å². The van der Waals surface area contributed by atoms with Crippen LogP contribution in [0.25, 0.3) is 67.3 Å². The van der Waals surface area contributed by atoms with Gasteiger partial charge in [0.05, 0.1) is 11.4 Å². The first kappa shape index (κ1) is 27.0. The van der Waals surface area contributed by atoms with Crippen molar-refractivity contribution < 1.29 is 0 Å². The van der Waals surface area contributed by atoms with Crippen LogP contribution in [0.3, 0.4) is 0 Å². The molecule has 0 saturated heterocycles. The Hall–Kier alpha value is -5.60. The van der Waals surface area contributed by atoms with Gasteiger partial charge in [0, 0.05) is 22.1 Å². The van der Waals surface area contributed by atoms with Crippen LogP contribution in [0.1, 0.15) is 25.0 Å². The normalized spacial score (nSPS) is 12.8. The number of benzene rings is 6. The Morgan fingerprint density at radius 2 is 0.844 bits per heavy atom. The second-order valence-electron chi connectivity index (χ2n) is 12.3. The average Bonchev–Trinajstić information content (AvgIpc) is 3.34. The summed E-state index contributed by atoms with van der Waals surface area (Å²) in [5.41, 5.74) is 14.7. The molecule has 6 aromatic carbocycles. The fourth-order valence-corrected chi connectivity index (χ4v) is 6.71. The first-order valence-electron chi connectivity index (χ1n) is 15.5. The van der Waals surface area contributed by atoms with Crippen LogP contribution in [0.4, 0.5) is 0 Å². The van der Waals surface area contributed by atoms with Gasteiger partial charge in [-0.15, -0.1) is 0 Å². The Labute approximate surface area is 264 Å². The van der Waals surface area contributed by atoms with Crippen LogP contribution in [-0.2, 0) is 5.41 Å². The maximum atomic E-state index is 5.29. The summed E-state index contributed by atoms with van der Waals surface area (Å²) in [6, 6.07) is 55.9. The molecule has 0 unspecified atom stereocenters. The van der Waals surface area contributed by atoms with Gasteiger partial charge in [0.15, 0.2) is 5.82 Å². The average molecular weight is 577 g/mol. The maximum Gasteiger partial charge on any atom is 0.161 e. The standard InChI is InChI=1S/C43H32N2/c1-43(2)37-26-33(29-15-7-3-8-16-29)23-24-35(37)41-36(25-34(27-38(41)43)30-17-9-4-10-18-30)42-44-39(31-19-11-5-12-20-31)28-40(45-42)32-21-13-6-14-22-32/h3-28H,1-2H3. The summed E-state index contributed by atoms with van der Waals surface area (Å²) in [6.45, 7) is 4.70. The van der Waals surface area contributed by atoms with Crippen molar-refractivity contribution in [1.82, 2.24) is 9.97 Å². The summed E-state index contributed by atoms with van der Waals surface area (Å²) >= 11 is 0. The molecule has 0 fully saturated rings. The topological polar surface area (TPSA) is 25.8 Å². The lowest BCUT2D eigenvalue weighted by molar-refractivity contribution is 0.661. The highest BCUT2D eigenvalue weighted by atomic mass is 14.9. The lowest BCUT2D eigenvalue weighted by Crippen LogP contribution is -2.15. The number of rotatable bonds is 5. The van der Waals surface area contributed by atoms with Crippen LogP contribution >= 0.6 is 0 Å². The van der Waals surface area contributed by atoms with E-state index < -0.39 is 0 Å². The van der Waals surface area contributed by atoms with Crippen LogP contribution in [0, 0.1) is 0 Å². The van der Waals surface area contributed by atoms with E-state index in [4.69, 9.17) is 9.97 Å². The molecule has 1 aliphatic carbocycles. The van der Waals surface area contributed by atoms with Crippen molar-refractivity contribution in [3.8, 4) is 67.3 Å². The summed E-state index contributed by atoms with van der Waals surface area (Å²) in [6.07, 6.45) is 0. The molecular formula is C43H32N2. The van der Waals surface area contributed by atoms with Gasteiger partial charge < -0.3 is 0 Å². The van der Waals surface area contributed by atoms with Crippen LogP contribution in [0.2, 0.25) is 0 Å². The quantitative estimate of drug-likeness (QED) is 0.204. The van der Waals surface area contributed by atoms with E-state index in [1.54, 1.807) is 0 Å². The molecular weight excluding hydrogens is 544 g/mol. The fourth-order valence-electron chi connectivity index (χ4n) is 6.71. The molecule has 7 aromatic rings. The Kier molecular flexibility index (Phi) is 6.50. The molecule has 1 aliphatic rings. The smallest absolute Gasteiger partial charge is 0.161 e. The highest BCUT2D eigenvalue weighted by Crippen LogP contribution is 2.54. The summed E-state index contributed by atoms with van der Waals surface area (Å²) in [5.74, 6) is 0.736. The van der Waals surface area contributed by atoms with Gasteiger partial charge in [-0.05, 0) is 68.8 Å². The number of hydrogen-bond donors (Lipinski definition) is 0. The van der Waals surface area contributed by atoms with E-state index >= 15 is 0 Å². The molecule has 8 rings (SSSR count). The third-order valence-corrected chi connectivity index (χ3v) is 9.09. The molecule has 0 spiro atoms. The highest BCUT2D eigenvalue weighted by molar-refractivity contribution is 5.95. The molecule has 0 bridgehead atoms. The predicted octanol–water partition coefficient (Wildman–Crippen LogP) is 11.1. The molecule has 0 aliphatic heterocycles. The first-order chi connectivity index (χ1) is 22.1. The van der Waals surface area contributed by atoms with Gasteiger partial charge in [-0.1, -0.05) is 147 Å². The summed E-state index contributed by atoms with van der Waals surface area (Å²) in [4.78, 5) is 10.6. The zero-order chi connectivity index (χ0) is 30.4. The van der Waals surface area contributed by atoms with Gasteiger partial charge >= 0.3 is 0 Å². The Morgan fingerprint density at radius 3 is 1.38 bits per heavy atom. The summed E-state index contributed by atoms with van der Waals surface area (Å²) in [7, 11) is 0. The van der Waals surface area contributed by atoms with Crippen LogP contribution < -0.4 is 0 Å². The zero-order valence-corrected chi connectivity index (χ0v) is 25.4. The molecule has 2 nitrogen and oxygen atoms in total. The molecule has 1 aromatic heterocycles. The van der Waals surface area contributed by atoms with Gasteiger partial charge in [-0.2, -0.15) is 0 Å². The minimum atomic E-state index is -0.214. The molecule has 2 heteroatoms. The first-order valence-corrected chi connectivity index (χ1v) is 15.5. The van der Waals surface area contributed by atoms with Crippen molar-refractivity contribution in [1.29, 1.82) is 0 Å². The largest absolute Gasteiger partial charge is 0.228 e. The van der Waals surface area contributed by atoms with E-state index in [1.165, 1.54) is 44.5 Å². The third kappa shape index (κ3) is 4.76. The van der Waals surface area contributed by atoms with Crippen LogP contribution in [-0.4, -0.2) is 9.97 Å². The van der Waals surface area contributed by atoms with Gasteiger partial charge in [0.2, 0.25) is 0 Å². The minimum absolute atomic E-state index is 0.214. The van der Waals surface area contributed by atoms with Crippen LogP contribution in [0.15, 0.2) is 158 Å². The lowest BCUT2D eigenvalue weighted by atomic mass is 9.80. The van der Waals surface area contributed by atoms with Crippen molar-refractivity contribution in [3.63, 3.8) is 0 Å². The van der Waals surface area contributed by atoms with Crippen LogP contribution in [0.5, 0.6) is 0 Å². The van der Waals surface area contributed by atoms with Crippen molar-refractivity contribution in [2.75, 3.05) is 0 Å². The SMILES string of the molecule is CC1(C)c2cc(-c3ccccc3)ccc2-c2c(-c3nc(-c4ccccc4)cc(-c4ccccc4)n3)cc(-c3ccccc3)cc21. The number of aromatic nitrogens is 2.